The lowest BCUT2D eigenvalue weighted by molar-refractivity contribution is 0.194. The van der Waals surface area contributed by atoms with Gasteiger partial charge in [-0.15, -0.1) is 0 Å². The Balaban J connectivity index is 4.03. The molecule has 1 atom stereocenters. The molecule has 53 heavy (non-hydrogen) atoms. The molecule has 320 valence electrons. The van der Waals surface area contributed by atoms with Crippen molar-refractivity contribution in [2.75, 3.05) is 19.7 Å². The van der Waals surface area contributed by atoms with Crippen LogP contribution in [0.5, 0.6) is 0 Å². The van der Waals surface area contributed by atoms with Crippen LogP contribution in [0, 0.1) is 0 Å². The summed E-state index contributed by atoms with van der Waals surface area (Å²) in [6.07, 6.45) is 56.1. The molecular weight excluding hydrogens is 670 g/mol. The molecule has 0 amide bonds. The monoisotopic (exact) mass is 770 g/mol. The van der Waals surface area contributed by atoms with Crippen LogP contribution < -0.4 is 0 Å². The molecule has 0 spiro atoms. The van der Waals surface area contributed by atoms with Gasteiger partial charge < -0.3 is 4.89 Å². The Morgan fingerprint density at radius 2 is 0.509 bits per heavy atom. The van der Waals surface area contributed by atoms with Crippen molar-refractivity contribution in [2.45, 2.75) is 290 Å². The Labute approximate surface area is 335 Å². The molecule has 0 saturated carbocycles. The molecule has 5 heteroatoms. The maximum atomic E-state index is 13.3. The Kier molecular flexibility index (Phi) is 44.9. The highest BCUT2D eigenvalue weighted by molar-refractivity contribution is 7.50. The summed E-state index contributed by atoms with van der Waals surface area (Å²) in [7, 11) is -3.72. The molecule has 0 rings (SSSR count). The number of rotatable bonds is 47. The van der Waals surface area contributed by atoms with Gasteiger partial charge in [-0.3, -0.25) is 4.52 Å². The first kappa shape index (κ1) is 53.1. The molecule has 0 saturated heterocycles. The molecule has 0 fully saturated rings. The first-order valence-electron chi connectivity index (χ1n) is 24.8. The zero-order valence-electron chi connectivity index (χ0n) is 37.0. The second-order valence-electron chi connectivity index (χ2n) is 17.1. The van der Waals surface area contributed by atoms with E-state index in [1.807, 2.05) is 4.67 Å². The van der Waals surface area contributed by atoms with Crippen molar-refractivity contribution in [3.8, 4) is 0 Å². The summed E-state index contributed by atoms with van der Waals surface area (Å²) in [5, 5.41) is 0. The minimum absolute atomic E-state index is 0.411. The Bertz CT molecular complexity index is 679. The van der Waals surface area contributed by atoms with Crippen molar-refractivity contribution in [2.24, 2.45) is 0 Å². The maximum Gasteiger partial charge on any atom is 0.405 e. The molecule has 0 bridgehead atoms. The van der Waals surface area contributed by atoms with E-state index in [1.165, 1.54) is 231 Å². The molecule has 0 aliphatic rings. The van der Waals surface area contributed by atoms with Crippen molar-refractivity contribution in [3.63, 3.8) is 0 Å². The molecule has 0 radical (unpaired) electrons. The largest absolute Gasteiger partial charge is 0.405 e. The van der Waals surface area contributed by atoms with Crippen LogP contribution in [0.2, 0.25) is 0 Å². The first-order valence-corrected chi connectivity index (χ1v) is 26.3. The molecule has 0 aliphatic heterocycles. The molecule has 0 aromatic carbocycles. The lowest BCUT2D eigenvalue weighted by Gasteiger charge is -2.26. The number of hydrogen-bond donors (Lipinski definition) is 1. The predicted octanol–water partition coefficient (Wildman–Crippen LogP) is 17.8. The lowest BCUT2D eigenvalue weighted by atomic mass is 10.0. The normalized spacial score (nSPS) is 13.0. The van der Waals surface area contributed by atoms with Crippen molar-refractivity contribution in [1.29, 1.82) is 0 Å². The summed E-state index contributed by atoms with van der Waals surface area (Å²) in [4.78, 5) is 11.0. The van der Waals surface area contributed by atoms with Gasteiger partial charge in [0.15, 0.2) is 0 Å². The zero-order valence-corrected chi connectivity index (χ0v) is 37.9. The topological polar surface area (TPSA) is 49.8 Å². The maximum absolute atomic E-state index is 13.3. The second-order valence-corrected chi connectivity index (χ2v) is 18.9. The molecule has 0 aromatic heterocycles. The minimum Gasteiger partial charge on any atom is -0.312 e. The zero-order chi connectivity index (χ0) is 38.6. The van der Waals surface area contributed by atoms with Crippen LogP contribution in [0.15, 0.2) is 0 Å². The fraction of sp³-hybridized carbons (Fsp3) is 1.00. The smallest absolute Gasteiger partial charge is 0.312 e. The summed E-state index contributed by atoms with van der Waals surface area (Å²) >= 11 is 0. The summed E-state index contributed by atoms with van der Waals surface area (Å²) < 4.78 is 20.9. The fourth-order valence-corrected chi connectivity index (χ4v) is 9.22. The van der Waals surface area contributed by atoms with Crippen LogP contribution in [-0.4, -0.2) is 29.3 Å². The van der Waals surface area contributed by atoms with E-state index in [0.717, 1.165) is 38.5 Å². The Morgan fingerprint density at radius 1 is 0.321 bits per heavy atom. The molecule has 4 nitrogen and oxygen atoms in total. The van der Waals surface area contributed by atoms with E-state index in [2.05, 4.69) is 20.8 Å². The average Bonchev–Trinajstić information content (AvgIpc) is 3.15. The first-order chi connectivity index (χ1) is 26.1. The van der Waals surface area contributed by atoms with Crippen LogP contribution in [0.25, 0.3) is 0 Å². The highest BCUT2D eigenvalue weighted by Crippen LogP contribution is 2.47. The van der Waals surface area contributed by atoms with E-state index in [9.17, 15) is 9.46 Å². The summed E-state index contributed by atoms with van der Waals surface area (Å²) in [5.41, 5.74) is 0. The lowest BCUT2D eigenvalue weighted by Crippen LogP contribution is -2.24. The highest BCUT2D eigenvalue weighted by Gasteiger charge is 2.28. The van der Waals surface area contributed by atoms with Gasteiger partial charge in [-0.05, 0) is 19.3 Å². The second kappa shape index (κ2) is 44.8. The summed E-state index contributed by atoms with van der Waals surface area (Å²) in [6, 6.07) is 0. The fourth-order valence-electron chi connectivity index (χ4n) is 7.90. The summed E-state index contributed by atoms with van der Waals surface area (Å²) in [6.45, 7) is 8.63. The standard InChI is InChI=1S/C48H100NO3P/c1-4-7-10-13-16-18-20-22-24-26-28-30-32-34-36-38-40-43-46-49(53(50,51)52-48-45-42-15-12-9-6-3)47-44-41-39-37-35-33-31-29-27-25-23-21-19-17-14-11-8-5-2/h4-48H2,1-3H3,(H,50,51). The molecule has 1 N–H and O–H groups in total. The van der Waals surface area contributed by atoms with E-state index >= 15 is 0 Å². The van der Waals surface area contributed by atoms with Crippen LogP contribution in [0.1, 0.15) is 290 Å². The third-order valence-corrected chi connectivity index (χ3v) is 13.3. The summed E-state index contributed by atoms with van der Waals surface area (Å²) in [5.74, 6) is 0. The SMILES string of the molecule is CCCCCCCCCCCCCCCCCCCCN(CCCCCCCCCCCCCCCCCCCC)P(=O)(O)OCCCCCCCC. The third kappa shape index (κ3) is 41.6. The van der Waals surface area contributed by atoms with Gasteiger partial charge in [-0.2, -0.15) is 0 Å². The molecular formula is C48H100NO3P. The van der Waals surface area contributed by atoms with Gasteiger partial charge in [-0.25, -0.2) is 9.24 Å². The van der Waals surface area contributed by atoms with E-state index in [1.54, 1.807) is 0 Å². The van der Waals surface area contributed by atoms with Gasteiger partial charge in [0.05, 0.1) is 6.61 Å². The van der Waals surface area contributed by atoms with Crippen molar-refractivity contribution < 1.29 is 14.0 Å². The Morgan fingerprint density at radius 3 is 0.736 bits per heavy atom. The van der Waals surface area contributed by atoms with Crippen molar-refractivity contribution >= 4 is 7.75 Å². The van der Waals surface area contributed by atoms with Crippen LogP contribution in [0.3, 0.4) is 0 Å². The van der Waals surface area contributed by atoms with Crippen molar-refractivity contribution in [3.05, 3.63) is 0 Å². The van der Waals surface area contributed by atoms with Gasteiger partial charge in [0, 0.05) is 13.1 Å². The van der Waals surface area contributed by atoms with Crippen LogP contribution in [0.4, 0.5) is 0 Å². The minimum atomic E-state index is -3.72. The quantitative estimate of drug-likeness (QED) is 0.0495. The van der Waals surface area contributed by atoms with Gasteiger partial charge in [-0.1, -0.05) is 271 Å². The van der Waals surface area contributed by atoms with E-state index < -0.39 is 7.75 Å². The molecule has 0 aliphatic carbocycles. The molecule has 0 heterocycles. The average molecular weight is 770 g/mol. The van der Waals surface area contributed by atoms with Crippen molar-refractivity contribution in [1.82, 2.24) is 4.67 Å². The highest BCUT2D eigenvalue weighted by atomic mass is 31.2. The number of hydrogen-bond acceptors (Lipinski definition) is 2. The van der Waals surface area contributed by atoms with Crippen LogP contribution in [-0.2, 0) is 9.09 Å². The van der Waals surface area contributed by atoms with E-state index in [4.69, 9.17) is 4.52 Å². The van der Waals surface area contributed by atoms with Crippen LogP contribution >= 0.6 is 7.75 Å². The molecule has 1 unspecified atom stereocenters. The van der Waals surface area contributed by atoms with Gasteiger partial charge in [0.25, 0.3) is 0 Å². The molecule has 0 aromatic rings. The van der Waals surface area contributed by atoms with E-state index in [0.29, 0.717) is 19.7 Å². The van der Waals surface area contributed by atoms with E-state index in [-0.39, 0.29) is 0 Å². The number of unbranched alkanes of at least 4 members (excludes halogenated alkanes) is 39. The predicted molar refractivity (Wildman–Crippen MR) is 238 cm³/mol. The third-order valence-electron chi connectivity index (χ3n) is 11.7. The van der Waals surface area contributed by atoms with Gasteiger partial charge in [0.1, 0.15) is 0 Å². The van der Waals surface area contributed by atoms with Gasteiger partial charge >= 0.3 is 7.75 Å². The number of nitrogens with zero attached hydrogens (tertiary/aromatic N) is 1. The Hall–Kier alpha value is 0.110. The van der Waals surface area contributed by atoms with Gasteiger partial charge in [0.2, 0.25) is 0 Å².